The fourth-order valence-electron chi connectivity index (χ4n) is 1.38. The SMILES string of the molecule is NCCc1cnn(-c2ccccc2)c1. The topological polar surface area (TPSA) is 43.8 Å². The minimum atomic E-state index is 0.667. The van der Waals surface area contributed by atoms with E-state index in [-0.39, 0.29) is 0 Å². The van der Waals surface area contributed by atoms with Crippen LogP contribution in [0.25, 0.3) is 5.69 Å². The van der Waals surface area contributed by atoms with Crippen molar-refractivity contribution in [3.8, 4) is 5.69 Å². The van der Waals surface area contributed by atoms with Crippen molar-refractivity contribution in [3.63, 3.8) is 0 Å². The number of hydrogen-bond acceptors (Lipinski definition) is 2. The number of aromatic nitrogens is 2. The predicted molar refractivity (Wildman–Crippen MR) is 56.3 cm³/mol. The van der Waals surface area contributed by atoms with Crippen LogP contribution in [0.4, 0.5) is 0 Å². The average molecular weight is 187 g/mol. The Morgan fingerprint density at radius 2 is 2.00 bits per heavy atom. The van der Waals surface area contributed by atoms with Gasteiger partial charge in [-0.25, -0.2) is 4.68 Å². The minimum Gasteiger partial charge on any atom is -0.330 e. The van der Waals surface area contributed by atoms with E-state index < -0.39 is 0 Å². The van der Waals surface area contributed by atoms with Gasteiger partial charge in [-0.15, -0.1) is 0 Å². The Balaban J connectivity index is 2.25. The Kier molecular flexibility index (Phi) is 2.60. The van der Waals surface area contributed by atoms with E-state index in [4.69, 9.17) is 5.73 Å². The van der Waals surface area contributed by atoms with Gasteiger partial charge >= 0.3 is 0 Å². The third kappa shape index (κ3) is 1.83. The van der Waals surface area contributed by atoms with Crippen molar-refractivity contribution >= 4 is 0 Å². The van der Waals surface area contributed by atoms with Crippen LogP contribution in [0.15, 0.2) is 42.7 Å². The van der Waals surface area contributed by atoms with Gasteiger partial charge in [-0.05, 0) is 30.7 Å². The number of rotatable bonds is 3. The summed E-state index contributed by atoms with van der Waals surface area (Å²) in [4.78, 5) is 0. The zero-order valence-corrected chi connectivity index (χ0v) is 7.93. The van der Waals surface area contributed by atoms with E-state index in [1.54, 1.807) is 0 Å². The first kappa shape index (κ1) is 8.97. The molecule has 1 heterocycles. The quantitative estimate of drug-likeness (QED) is 0.788. The number of benzene rings is 1. The Bertz CT molecular complexity index is 392. The second-order valence-corrected chi connectivity index (χ2v) is 3.17. The molecule has 1 aromatic carbocycles. The van der Waals surface area contributed by atoms with Crippen LogP contribution < -0.4 is 5.73 Å². The monoisotopic (exact) mass is 187 g/mol. The lowest BCUT2D eigenvalue weighted by molar-refractivity contribution is 0.879. The third-order valence-electron chi connectivity index (χ3n) is 2.09. The Morgan fingerprint density at radius 1 is 1.21 bits per heavy atom. The Morgan fingerprint density at radius 3 is 2.71 bits per heavy atom. The van der Waals surface area contributed by atoms with Crippen LogP contribution in [0.5, 0.6) is 0 Å². The molecule has 2 rings (SSSR count). The molecular weight excluding hydrogens is 174 g/mol. The van der Waals surface area contributed by atoms with E-state index >= 15 is 0 Å². The zero-order chi connectivity index (χ0) is 9.80. The Labute approximate surface area is 83.2 Å². The Hall–Kier alpha value is -1.61. The molecule has 0 radical (unpaired) electrons. The van der Waals surface area contributed by atoms with Crippen LogP contribution in [-0.2, 0) is 6.42 Å². The maximum atomic E-state index is 5.47. The van der Waals surface area contributed by atoms with Crippen molar-refractivity contribution < 1.29 is 0 Å². The second-order valence-electron chi connectivity index (χ2n) is 3.17. The smallest absolute Gasteiger partial charge is 0.0645 e. The highest BCUT2D eigenvalue weighted by molar-refractivity contribution is 5.30. The molecule has 0 saturated carbocycles. The summed E-state index contributed by atoms with van der Waals surface area (Å²) in [6, 6.07) is 10.0. The van der Waals surface area contributed by atoms with E-state index in [0.717, 1.165) is 12.1 Å². The fourth-order valence-corrected chi connectivity index (χ4v) is 1.38. The van der Waals surface area contributed by atoms with Crippen LogP contribution in [0.1, 0.15) is 5.56 Å². The van der Waals surface area contributed by atoms with E-state index in [0.29, 0.717) is 6.54 Å². The number of para-hydroxylation sites is 1. The molecule has 0 atom stereocenters. The minimum absolute atomic E-state index is 0.667. The first-order valence-electron chi connectivity index (χ1n) is 4.69. The largest absolute Gasteiger partial charge is 0.330 e. The summed E-state index contributed by atoms with van der Waals surface area (Å²) in [6.07, 6.45) is 4.76. The van der Waals surface area contributed by atoms with Gasteiger partial charge in [0, 0.05) is 6.20 Å². The molecule has 72 valence electrons. The molecule has 3 nitrogen and oxygen atoms in total. The van der Waals surface area contributed by atoms with Gasteiger partial charge in [-0.2, -0.15) is 5.10 Å². The summed E-state index contributed by atoms with van der Waals surface area (Å²) in [5.41, 5.74) is 7.73. The highest BCUT2D eigenvalue weighted by atomic mass is 15.3. The molecule has 0 spiro atoms. The summed E-state index contributed by atoms with van der Waals surface area (Å²) >= 11 is 0. The molecule has 0 saturated heterocycles. The molecule has 0 aliphatic heterocycles. The van der Waals surface area contributed by atoms with Crippen molar-refractivity contribution in [1.29, 1.82) is 0 Å². The molecule has 14 heavy (non-hydrogen) atoms. The van der Waals surface area contributed by atoms with Crippen LogP contribution in [0.3, 0.4) is 0 Å². The maximum absolute atomic E-state index is 5.47. The fraction of sp³-hybridized carbons (Fsp3) is 0.182. The first-order chi connectivity index (χ1) is 6.90. The standard InChI is InChI=1S/C11H13N3/c12-7-6-10-8-13-14(9-10)11-4-2-1-3-5-11/h1-5,8-9H,6-7,12H2. The molecule has 3 heteroatoms. The lowest BCUT2D eigenvalue weighted by Gasteiger charge is -1.98. The van der Waals surface area contributed by atoms with Crippen LogP contribution >= 0.6 is 0 Å². The van der Waals surface area contributed by atoms with Gasteiger partial charge in [-0.3, -0.25) is 0 Å². The van der Waals surface area contributed by atoms with Crippen LogP contribution in [0.2, 0.25) is 0 Å². The summed E-state index contributed by atoms with van der Waals surface area (Å²) in [5, 5.41) is 4.27. The molecule has 0 amide bonds. The molecule has 0 aliphatic rings. The van der Waals surface area contributed by atoms with Gasteiger partial charge in [0.25, 0.3) is 0 Å². The van der Waals surface area contributed by atoms with Gasteiger partial charge in [0.1, 0.15) is 0 Å². The van der Waals surface area contributed by atoms with Gasteiger partial charge in [0.15, 0.2) is 0 Å². The maximum Gasteiger partial charge on any atom is 0.0645 e. The first-order valence-corrected chi connectivity index (χ1v) is 4.69. The number of hydrogen-bond donors (Lipinski definition) is 1. The zero-order valence-electron chi connectivity index (χ0n) is 7.93. The van der Waals surface area contributed by atoms with Gasteiger partial charge in [-0.1, -0.05) is 18.2 Å². The van der Waals surface area contributed by atoms with E-state index in [1.807, 2.05) is 47.4 Å². The third-order valence-corrected chi connectivity index (χ3v) is 2.09. The van der Waals surface area contributed by atoms with Gasteiger partial charge in [0.2, 0.25) is 0 Å². The summed E-state index contributed by atoms with van der Waals surface area (Å²) < 4.78 is 1.87. The van der Waals surface area contributed by atoms with Crippen molar-refractivity contribution in [3.05, 3.63) is 48.3 Å². The van der Waals surface area contributed by atoms with Crippen molar-refractivity contribution in [2.45, 2.75) is 6.42 Å². The van der Waals surface area contributed by atoms with Crippen molar-refractivity contribution in [1.82, 2.24) is 9.78 Å². The lowest BCUT2D eigenvalue weighted by atomic mass is 10.2. The molecule has 0 bridgehead atoms. The van der Waals surface area contributed by atoms with E-state index in [9.17, 15) is 0 Å². The summed E-state index contributed by atoms with van der Waals surface area (Å²) in [6.45, 7) is 0.667. The lowest BCUT2D eigenvalue weighted by Crippen LogP contribution is -2.01. The molecule has 1 aromatic heterocycles. The summed E-state index contributed by atoms with van der Waals surface area (Å²) in [7, 11) is 0. The molecule has 2 N–H and O–H groups in total. The highest BCUT2D eigenvalue weighted by Gasteiger charge is 1.98. The van der Waals surface area contributed by atoms with E-state index in [1.165, 1.54) is 5.56 Å². The molecule has 0 aliphatic carbocycles. The van der Waals surface area contributed by atoms with Gasteiger partial charge in [0.05, 0.1) is 11.9 Å². The number of nitrogens with zero attached hydrogens (tertiary/aromatic N) is 2. The molecule has 0 unspecified atom stereocenters. The van der Waals surface area contributed by atoms with Crippen molar-refractivity contribution in [2.24, 2.45) is 5.73 Å². The normalized spacial score (nSPS) is 10.4. The van der Waals surface area contributed by atoms with Crippen molar-refractivity contribution in [2.75, 3.05) is 6.54 Å². The van der Waals surface area contributed by atoms with Crippen LogP contribution in [0, 0.1) is 0 Å². The average Bonchev–Trinajstić information content (AvgIpc) is 2.68. The van der Waals surface area contributed by atoms with Crippen LogP contribution in [-0.4, -0.2) is 16.3 Å². The van der Waals surface area contributed by atoms with Gasteiger partial charge < -0.3 is 5.73 Å². The van der Waals surface area contributed by atoms with E-state index in [2.05, 4.69) is 5.10 Å². The molecule has 2 aromatic rings. The highest BCUT2D eigenvalue weighted by Crippen LogP contribution is 2.07. The molecule has 0 fully saturated rings. The number of nitrogens with two attached hydrogens (primary N) is 1. The predicted octanol–water partition coefficient (Wildman–Crippen LogP) is 1.37. The second kappa shape index (κ2) is 4.07. The summed E-state index contributed by atoms with van der Waals surface area (Å²) in [5.74, 6) is 0. The molecular formula is C11H13N3.